The van der Waals surface area contributed by atoms with E-state index in [-0.39, 0.29) is 0 Å². The number of hydrogen-bond acceptors (Lipinski definition) is 4. The van der Waals surface area contributed by atoms with E-state index in [1.54, 1.807) is 12.4 Å². The van der Waals surface area contributed by atoms with Gasteiger partial charge in [-0.05, 0) is 42.0 Å². The van der Waals surface area contributed by atoms with Crippen LogP contribution in [0.4, 0.5) is 0 Å². The van der Waals surface area contributed by atoms with Crippen molar-refractivity contribution in [1.29, 1.82) is 0 Å². The van der Waals surface area contributed by atoms with Crippen molar-refractivity contribution >= 4 is 10.9 Å². The zero-order valence-electron chi connectivity index (χ0n) is 11.6. The number of nitrogens with zero attached hydrogens (tertiary/aromatic N) is 3. The molecule has 0 unspecified atom stereocenters. The van der Waals surface area contributed by atoms with Gasteiger partial charge in [0.25, 0.3) is 0 Å². The molecule has 0 bridgehead atoms. The Kier molecular flexibility index (Phi) is 2.86. The first kappa shape index (κ1) is 12.6. The molecule has 0 aliphatic heterocycles. The van der Waals surface area contributed by atoms with Crippen LogP contribution in [0.25, 0.3) is 22.3 Å². The van der Waals surface area contributed by atoms with Crippen LogP contribution in [0.5, 0.6) is 0 Å². The first-order valence-electron chi connectivity index (χ1n) is 6.84. The van der Waals surface area contributed by atoms with E-state index in [2.05, 4.69) is 24.2 Å². The van der Waals surface area contributed by atoms with E-state index in [1.165, 1.54) is 5.56 Å². The van der Waals surface area contributed by atoms with Crippen molar-refractivity contribution in [1.82, 2.24) is 19.7 Å². The van der Waals surface area contributed by atoms with Gasteiger partial charge in [0.2, 0.25) is 0 Å². The van der Waals surface area contributed by atoms with Crippen molar-refractivity contribution in [2.24, 2.45) is 0 Å². The number of H-pyrrole nitrogens is 1. The van der Waals surface area contributed by atoms with Crippen LogP contribution >= 0.6 is 0 Å². The molecule has 0 saturated carbocycles. The highest BCUT2D eigenvalue weighted by Gasteiger charge is 2.07. The lowest BCUT2D eigenvalue weighted by molar-refractivity contribution is 0.388. The lowest BCUT2D eigenvalue weighted by Gasteiger charge is -2.05. The summed E-state index contributed by atoms with van der Waals surface area (Å²) in [5.74, 6) is -0.112. The van der Waals surface area contributed by atoms with Gasteiger partial charge in [0.15, 0.2) is 5.82 Å². The maximum absolute atomic E-state index is 11.0. The third-order valence-electron chi connectivity index (χ3n) is 3.59. The second kappa shape index (κ2) is 5.00. The topological polar surface area (TPSA) is 76.7 Å². The summed E-state index contributed by atoms with van der Waals surface area (Å²) < 4.78 is 6.71. The minimum absolute atomic E-state index is 0.439. The zero-order valence-corrected chi connectivity index (χ0v) is 11.6. The largest absolute Gasteiger partial charge is 0.439 e. The fourth-order valence-electron chi connectivity index (χ4n) is 2.52. The Morgan fingerprint density at radius 1 is 1.14 bits per heavy atom. The molecule has 0 spiro atoms. The van der Waals surface area contributed by atoms with Gasteiger partial charge >= 0.3 is 5.76 Å². The fraction of sp³-hybridized carbons (Fsp3) is 0.0625. The van der Waals surface area contributed by atoms with E-state index in [0.717, 1.165) is 23.0 Å². The second-order valence-corrected chi connectivity index (χ2v) is 5.02. The molecule has 0 aliphatic carbocycles. The van der Waals surface area contributed by atoms with E-state index in [0.29, 0.717) is 5.82 Å². The Balaban J connectivity index is 1.73. The summed E-state index contributed by atoms with van der Waals surface area (Å²) in [6, 6.07) is 11.9. The smallest absolute Gasteiger partial charge is 0.343 e. The summed E-state index contributed by atoms with van der Waals surface area (Å²) in [7, 11) is 0. The van der Waals surface area contributed by atoms with E-state index < -0.39 is 5.76 Å². The highest BCUT2D eigenvalue weighted by Crippen LogP contribution is 2.23. The third kappa shape index (κ3) is 2.20. The highest BCUT2D eigenvalue weighted by atomic mass is 16.5. The molecule has 0 aliphatic rings. The predicted molar refractivity (Wildman–Crippen MR) is 81.4 cm³/mol. The minimum atomic E-state index is -0.551. The molecule has 0 radical (unpaired) electrons. The Hall–Kier alpha value is -3.15. The average Bonchev–Trinajstić information content (AvgIpc) is 3.15. The van der Waals surface area contributed by atoms with Crippen LogP contribution < -0.4 is 5.76 Å². The lowest BCUT2D eigenvalue weighted by Crippen LogP contribution is -1.97. The van der Waals surface area contributed by atoms with Crippen LogP contribution in [0.3, 0.4) is 0 Å². The van der Waals surface area contributed by atoms with Crippen LogP contribution in [-0.4, -0.2) is 19.7 Å². The van der Waals surface area contributed by atoms with Crippen LogP contribution in [0, 0.1) is 0 Å². The molecule has 108 valence electrons. The van der Waals surface area contributed by atoms with Crippen molar-refractivity contribution in [3.8, 4) is 11.4 Å². The number of pyridine rings is 1. The molecule has 0 amide bonds. The van der Waals surface area contributed by atoms with Gasteiger partial charge < -0.3 is 4.57 Å². The van der Waals surface area contributed by atoms with E-state index in [4.69, 9.17) is 0 Å². The molecule has 1 N–H and O–H groups in total. The Morgan fingerprint density at radius 2 is 2.00 bits per heavy atom. The summed E-state index contributed by atoms with van der Waals surface area (Å²) in [6.07, 6.45) is 5.63. The normalized spacial score (nSPS) is 11.1. The maximum Gasteiger partial charge on any atom is 0.439 e. The molecule has 3 aromatic heterocycles. The summed E-state index contributed by atoms with van der Waals surface area (Å²) >= 11 is 0. The Morgan fingerprint density at radius 3 is 2.77 bits per heavy atom. The van der Waals surface area contributed by atoms with E-state index in [9.17, 15) is 4.79 Å². The number of hydrogen-bond donors (Lipinski definition) is 1. The molecule has 6 heteroatoms. The molecule has 0 atom stereocenters. The van der Waals surface area contributed by atoms with Crippen molar-refractivity contribution in [3.63, 3.8) is 0 Å². The van der Waals surface area contributed by atoms with Gasteiger partial charge in [0, 0.05) is 41.6 Å². The number of benzene rings is 1. The molecule has 22 heavy (non-hydrogen) atoms. The standard InChI is InChI=1S/C16H12N4O2/c21-16-18-15(19-22-16)13-1-2-14-12(9-13)5-8-20(14)10-11-3-6-17-7-4-11/h1-9H,10H2,(H,18,19,21). The minimum Gasteiger partial charge on any atom is -0.343 e. The number of aromatic nitrogens is 4. The second-order valence-electron chi connectivity index (χ2n) is 5.02. The van der Waals surface area contributed by atoms with Crippen molar-refractivity contribution < 1.29 is 4.52 Å². The molecule has 1 aromatic carbocycles. The van der Waals surface area contributed by atoms with Crippen molar-refractivity contribution in [2.45, 2.75) is 6.54 Å². The third-order valence-corrected chi connectivity index (χ3v) is 3.59. The monoisotopic (exact) mass is 292 g/mol. The fourth-order valence-corrected chi connectivity index (χ4v) is 2.52. The van der Waals surface area contributed by atoms with Gasteiger partial charge in [-0.2, -0.15) is 0 Å². The molecule has 4 rings (SSSR count). The van der Waals surface area contributed by atoms with Crippen LogP contribution in [0.1, 0.15) is 5.56 Å². The summed E-state index contributed by atoms with van der Waals surface area (Å²) in [5.41, 5.74) is 3.13. The first-order chi connectivity index (χ1) is 10.8. The zero-order chi connectivity index (χ0) is 14.9. The molecule has 0 fully saturated rings. The summed E-state index contributed by atoms with van der Waals surface area (Å²) in [5, 5.41) is 4.79. The van der Waals surface area contributed by atoms with E-state index in [1.807, 2.05) is 42.6 Å². The summed E-state index contributed by atoms with van der Waals surface area (Å²) in [6.45, 7) is 0.784. The van der Waals surface area contributed by atoms with Crippen LogP contribution in [-0.2, 0) is 6.54 Å². The maximum atomic E-state index is 11.0. The predicted octanol–water partition coefficient (Wildman–Crippen LogP) is 2.43. The Labute approximate surface area is 125 Å². The molecule has 6 nitrogen and oxygen atoms in total. The summed E-state index contributed by atoms with van der Waals surface area (Å²) in [4.78, 5) is 17.6. The van der Waals surface area contributed by atoms with Crippen molar-refractivity contribution in [2.75, 3.05) is 0 Å². The molecule has 0 saturated heterocycles. The SMILES string of the molecule is O=c1[nH]c(-c2ccc3c(ccn3Cc3ccncc3)c2)no1. The highest BCUT2D eigenvalue weighted by molar-refractivity contribution is 5.84. The molecular formula is C16H12N4O2. The molecule has 4 aromatic rings. The first-order valence-corrected chi connectivity index (χ1v) is 6.84. The molecular weight excluding hydrogens is 280 g/mol. The van der Waals surface area contributed by atoms with Gasteiger partial charge in [0.05, 0.1) is 0 Å². The quantitative estimate of drug-likeness (QED) is 0.629. The lowest BCUT2D eigenvalue weighted by atomic mass is 10.1. The van der Waals surface area contributed by atoms with Gasteiger partial charge in [-0.3, -0.25) is 14.5 Å². The van der Waals surface area contributed by atoms with Gasteiger partial charge in [-0.1, -0.05) is 5.16 Å². The van der Waals surface area contributed by atoms with Crippen molar-refractivity contribution in [3.05, 3.63) is 71.1 Å². The number of aromatic amines is 1. The van der Waals surface area contributed by atoms with Crippen LogP contribution in [0.2, 0.25) is 0 Å². The average molecular weight is 292 g/mol. The Bertz CT molecular complexity index is 982. The van der Waals surface area contributed by atoms with Gasteiger partial charge in [-0.15, -0.1) is 0 Å². The number of fused-ring (bicyclic) bond motifs is 1. The van der Waals surface area contributed by atoms with Gasteiger partial charge in [-0.25, -0.2) is 4.79 Å². The molecule has 3 heterocycles. The van der Waals surface area contributed by atoms with E-state index >= 15 is 0 Å². The number of rotatable bonds is 3. The van der Waals surface area contributed by atoms with Gasteiger partial charge in [0.1, 0.15) is 0 Å². The van der Waals surface area contributed by atoms with Crippen LogP contribution in [0.15, 0.2) is 64.3 Å². The number of nitrogens with one attached hydrogen (secondary N) is 1.